The zero-order chi connectivity index (χ0) is 22.2. The maximum Gasteiger partial charge on any atom is 0.303 e. The standard InChI is InChI=1S/C25H31NO4S/c1-25(2)16-11-15(7-5-3-4-6-8-22(28)29)23(20(25)12-16)26-24(30)19-14-31-21-10-9-17(27)13-18(19)21/h3,5,9-10,13-16,20,23,27H,4,6-8,11-12H2,1-2H3,(H,26,30)(H,28,29)/t15-,16+,20+,23-/m1/s1. The number of carbonyl (C=O) groups excluding carboxylic acids is 1. The van der Waals surface area contributed by atoms with E-state index in [-0.39, 0.29) is 29.5 Å². The van der Waals surface area contributed by atoms with Gasteiger partial charge in [0.05, 0.1) is 5.56 Å². The quantitative estimate of drug-likeness (QED) is 0.368. The number of unbranched alkanes of at least 4 members (excludes halogenated alkanes) is 1. The molecule has 4 atom stereocenters. The Bertz CT molecular complexity index is 1010. The summed E-state index contributed by atoms with van der Waals surface area (Å²) in [6.07, 6.45) is 9.08. The first-order chi connectivity index (χ1) is 14.8. The molecule has 0 spiro atoms. The Morgan fingerprint density at radius 3 is 2.81 bits per heavy atom. The second kappa shape index (κ2) is 8.65. The van der Waals surface area contributed by atoms with Gasteiger partial charge in [-0.1, -0.05) is 26.0 Å². The normalized spacial score (nSPS) is 26.6. The maximum atomic E-state index is 13.2. The predicted molar refractivity (Wildman–Crippen MR) is 123 cm³/mol. The summed E-state index contributed by atoms with van der Waals surface area (Å²) in [5.74, 6) is 0.939. The summed E-state index contributed by atoms with van der Waals surface area (Å²) in [6, 6.07) is 5.30. The molecule has 31 heavy (non-hydrogen) atoms. The van der Waals surface area contributed by atoms with Gasteiger partial charge in [-0.25, -0.2) is 0 Å². The second-order valence-electron chi connectivity index (χ2n) is 9.68. The lowest BCUT2D eigenvalue weighted by atomic mass is 9.44. The fourth-order valence-electron chi connectivity index (χ4n) is 5.55. The molecule has 0 unspecified atom stereocenters. The molecule has 0 saturated heterocycles. The van der Waals surface area contributed by atoms with Crippen molar-refractivity contribution in [3.8, 4) is 5.75 Å². The number of carboxylic acid groups (broad SMARTS) is 1. The Morgan fingerprint density at radius 2 is 2.06 bits per heavy atom. The van der Waals surface area contributed by atoms with Crippen molar-refractivity contribution in [3.05, 3.63) is 41.3 Å². The maximum absolute atomic E-state index is 13.2. The number of phenolic OH excluding ortho intramolecular Hbond substituents is 1. The van der Waals surface area contributed by atoms with Crippen molar-refractivity contribution in [3.63, 3.8) is 0 Å². The lowest BCUT2D eigenvalue weighted by molar-refractivity contribution is -0.137. The zero-order valence-electron chi connectivity index (χ0n) is 18.1. The molecule has 5 nitrogen and oxygen atoms in total. The third-order valence-electron chi connectivity index (χ3n) is 7.54. The summed E-state index contributed by atoms with van der Waals surface area (Å²) in [6.45, 7) is 4.64. The van der Waals surface area contributed by atoms with Crippen LogP contribution in [0.25, 0.3) is 10.1 Å². The Morgan fingerprint density at radius 1 is 1.26 bits per heavy atom. The molecule has 3 N–H and O–H groups in total. The smallest absolute Gasteiger partial charge is 0.303 e. The molecule has 1 aromatic heterocycles. The van der Waals surface area contributed by atoms with E-state index >= 15 is 0 Å². The van der Waals surface area contributed by atoms with Crippen molar-refractivity contribution in [2.24, 2.45) is 23.2 Å². The zero-order valence-corrected chi connectivity index (χ0v) is 19.0. The molecule has 3 aliphatic carbocycles. The highest BCUT2D eigenvalue weighted by atomic mass is 32.1. The number of fused-ring (bicyclic) bond motifs is 3. The first-order valence-corrected chi connectivity index (χ1v) is 12.0. The number of rotatable bonds is 8. The number of aromatic hydroxyl groups is 1. The molecule has 3 saturated carbocycles. The van der Waals surface area contributed by atoms with Gasteiger partial charge in [-0.05, 0) is 73.5 Å². The van der Waals surface area contributed by atoms with Crippen LogP contribution in [0.1, 0.15) is 62.7 Å². The van der Waals surface area contributed by atoms with Crippen LogP contribution in [0, 0.1) is 23.2 Å². The Balaban J connectivity index is 1.46. The molecule has 3 fully saturated rings. The van der Waals surface area contributed by atoms with Crippen LogP contribution < -0.4 is 5.32 Å². The van der Waals surface area contributed by atoms with E-state index in [0.717, 1.165) is 29.3 Å². The summed E-state index contributed by atoms with van der Waals surface area (Å²) in [4.78, 5) is 23.9. The van der Waals surface area contributed by atoms with E-state index in [9.17, 15) is 14.7 Å². The third-order valence-corrected chi connectivity index (χ3v) is 8.50. The molecule has 5 rings (SSSR count). The number of aliphatic carboxylic acids is 1. The summed E-state index contributed by atoms with van der Waals surface area (Å²) >= 11 is 1.52. The van der Waals surface area contributed by atoms with Crippen LogP contribution in [0.3, 0.4) is 0 Å². The van der Waals surface area contributed by atoms with E-state index < -0.39 is 5.97 Å². The van der Waals surface area contributed by atoms with E-state index in [2.05, 4.69) is 31.3 Å². The van der Waals surface area contributed by atoms with Crippen molar-refractivity contribution in [1.29, 1.82) is 0 Å². The van der Waals surface area contributed by atoms with Gasteiger partial charge >= 0.3 is 5.97 Å². The molecular weight excluding hydrogens is 410 g/mol. The lowest BCUT2D eigenvalue weighted by Crippen LogP contribution is -2.63. The van der Waals surface area contributed by atoms with Gasteiger partial charge in [-0.2, -0.15) is 0 Å². The summed E-state index contributed by atoms with van der Waals surface area (Å²) in [7, 11) is 0. The number of thiophene rings is 1. The van der Waals surface area contributed by atoms with Crippen molar-refractivity contribution in [1.82, 2.24) is 5.32 Å². The largest absolute Gasteiger partial charge is 0.508 e. The molecular formula is C25H31NO4S. The number of hydrogen-bond acceptors (Lipinski definition) is 4. The van der Waals surface area contributed by atoms with Gasteiger partial charge in [0.25, 0.3) is 5.91 Å². The van der Waals surface area contributed by atoms with E-state index in [1.807, 2.05) is 11.4 Å². The van der Waals surface area contributed by atoms with Gasteiger partial charge in [-0.3, -0.25) is 9.59 Å². The lowest BCUT2D eigenvalue weighted by Gasteiger charge is -2.62. The Hall–Kier alpha value is -2.34. The van der Waals surface area contributed by atoms with Crippen molar-refractivity contribution in [2.75, 3.05) is 0 Å². The number of hydrogen-bond donors (Lipinski definition) is 3. The van der Waals surface area contributed by atoms with Crippen LogP contribution in [0.15, 0.2) is 35.7 Å². The number of allylic oxidation sites excluding steroid dienone is 2. The molecule has 2 bridgehead atoms. The Labute approximate surface area is 187 Å². The molecule has 1 aromatic carbocycles. The molecule has 1 amide bonds. The average molecular weight is 442 g/mol. The second-order valence-corrected chi connectivity index (χ2v) is 10.6. The Kier molecular flexibility index (Phi) is 6.11. The van der Waals surface area contributed by atoms with Crippen molar-refractivity contribution in [2.45, 2.75) is 58.4 Å². The van der Waals surface area contributed by atoms with Crippen LogP contribution in [0.2, 0.25) is 0 Å². The molecule has 6 heteroatoms. The molecule has 0 aliphatic heterocycles. The molecule has 3 aliphatic rings. The SMILES string of the molecule is CC1(C)[C@H]2C[C@@H](CC=CCCCC(=O)O)[C@@H](NC(=O)c3csc4ccc(O)cc34)[C@@H]1C2. The van der Waals surface area contributed by atoms with Gasteiger partial charge < -0.3 is 15.5 Å². The number of phenols is 1. The van der Waals surface area contributed by atoms with E-state index in [0.29, 0.717) is 29.7 Å². The van der Waals surface area contributed by atoms with E-state index in [1.54, 1.807) is 12.1 Å². The molecule has 0 radical (unpaired) electrons. The molecule has 166 valence electrons. The minimum Gasteiger partial charge on any atom is -0.508 e. The van der Waals surface area contributed by atoms with Crippen LogP contribution in [-0.4, -0.2) is 28.1 Å². The highest BCUT2D eigenvalue weighted by Crippen LogP contribution is 2.61. The van der Waals surface area contributed by atoms with Gasteiger partial charge in [0.15, 0.2) is 0 Å². The number of benzene rings is 1. The summed E-state index contributed by atoms with van der Waals surface area (Å²) in [5.41, 5.74) is 0.882. The summed E-state index contributed by atoms with van der Waals surface area (Å²) < 4.78 is 0.997. The van der Waals surface area contributed by atoms with Crippen molar-refractivity contribution < 1.29 is 19.8 Å². The fourth-order valence-corrected chi connectivity index (χ4v) is 6.47. The first-order valence-electron chi connectivity index (χ1n) is 11.1. The monoisotopic (exact) mass is 441 g/mol. The number of amides is 1. The third kappa shape index (κ3) is 4.36. The fraction of sp³-hybridized carbons (Fsp3) is 0.520. The number of nitrogens with one attached hydrogen (secondary N) is 1. The van der Waals surface area contributed by atoms with Crippen molar-refractivity contribution >= 4 is 33.3 Å². The topological polar surface area (TPSA) is 86.6 Å². The van der Waals surface area contributed by atoms with Crippen LogP contribution in [-0.2, 0) is 4.79 Å². The van der Waals surface area contributed by atoms with Crippen LogP contribution in [0.5, 0.6) is 5.75 Å². The minimum atomic E-state index is -0.750. The van der Waals surface area contributed by atoms with Crippen LogP contribution >= 0.6 is 11.3 Å². The van der Waals surface area contributed by atoms with Gasteiger partial charge in [0.2, 0.25) is 0 Å². The predicted octanol–water partition coefficient (Wildman–Crippen LogP) is 5.59. The van der Waals surface area contributed by atoms with Gasteiger partial charge in [0, 0.05) is 27.9 Å². The van der Waals surface area contributed by atoms with Gasteiger partial charge in [0.1, 0.15) is 5.75 Å². The minimum absolute atomic E-state index is 0.0570. The highest BCUT2D eigenvalue weighted by Gasteiger charge is 2.57. The van der Waals surface area contributed by atoms with E-state index in [4.69, 9.17) is 5.11 Å². The van der Waals surface area contributed by atoms with Gasteiger partial charge in [-0.15, -0.1) is 11.3 Å². The average Bonchev–Trinajstić information content (AvgIpc) is 3.13. The first kappa shape index (κ1) is 21.9. The highest BCUT2D eigenvalue weighted by molar-refractivity contribution is 7.17. The number of carbonyl (C=O) groups is 2. The summed E-state index contributed by atoms with van der Waals surface area (Å²) in [5, 5.41) is 24.7. The molecule has 2 aromatic rings. The number of carboxylic acids is 1. The van der Waals surface area contributed by atoms with Crippen LogP contribution in [0.4, 0.5) is 0 Å². The van der Waals surface area contributed by atoms with E-state index in [1.165, 1.54) is 17.8 Å². The molecule has 1 heterocycles.